The van der Waals surface area contributed by atoms with Gasteiger partial charge in [0.1, 0.15) is 12.4 Å². The van der Waals surface area contributed by atoms with E-state index < -0.39 is 0 Å². The topological polar surface area (TPSA) is 63.2 Å². The van der Waals surface area contributed by atoms with Gasteiger partial charge in [0.15, 0.2) is 5.96 Å². The fourth-order valence-electron chi connectivity index (χ4n) is 3.98. The van der Waals surface area contributed by atoms with E-state index >= 15 is 0 Å². The third kappa shape index (κ3) is 8.10. The zero-order valence-electron chi connectivity index (χ0n) is 18.5. The van der Waals surface area contributed by atoms with Gasteiger partial charge in [-0.2, -0.15) is 0 Å². The van der Waals surface area contributed by atoms with E-state index in [0.29, 0.717) is 11.6 Å². The summed E-state index contributed by atoms with van der Waals surface area (Å²) in [6.45, 7) is 10.1. The number of amides is 1. The molecule has 0 spiro atoms. The van der Waals surface area contributed by atoms with Crippen LogP contribution in [0.2, 0.25) is 0 Å². The molecular formula is C22H36FIN6O. The number of carbonyl (C=O) groups is 1. The van der Waals surface area contributed by atoms with Crippen molar-refractivity contribution < 1.29 is 9.18 Å². The number of aliphatic imine (C=N–C) groups is 1. The molecule has 3 rings (SSSR count). The van der Waals surface area contributed by atoms with Crippen molar-refractivity contribution in [3.05, 3.63) is 30.1 Å². The lowest BCUT2D eigenvalue weighted by molar-refractivity contribution is -0.128. The number of piperazine rings is 1. The van der Waals surface area contributed by atoms with E-state index in [9.17, 15) is 9.18 Å². The Morgan fingerprint density at radius 2 is 1.77 bits per heavy atom. The normalized spacial score (nSPS) is 17.4. The van der Waals surface area contributed by atoms with Gasteiger partial charge in [0, 0.05) is 52.4 Å². The van der Waals surface area contributed by atoms with E-state index in [4.69, 9.17) is 0 Å². The highest BCUT2D eigenvalue weighted by atomic mass is 127. The van der Waals surface area contributed by atoms with Crippen LogP contribution in [0, 0.1) is 5.82 Å². The molecule has 2 N–H and O–H groups in total. The number of nitrogens with one attached hydrogen (secondary N) is 2. The molecule has 1 aromatic rings. The molecule has 2 aliphatic rings. The van der Waals surface area contributed by atoms with Crippen LogP contribution in [-0.4, -0.2) is 87.1 Å². The van der Waals surface area contributed by atoms with Crippen LogP contribution in [-0.2, 0) is 4.79 Å². The summed E-state index contributed by atoms with van der Waals surface area (Å²) in [6, 6.07) is 6.99. The zero-order valence-corrected chi connectivity index (χ0v) is 20.8. The van der Waals surface area contributed by atoms with Crippen LogP contribution in [0.4, 0.5) is 10.1 Å². The van der Waals surface area contributed by atoms with Gasteiger partial charge in [0.05, 0.1) is 5.69 Å². The van der Waals surface area contributed by atoms with Crippen LogP contribution >= 0.6 is 24.0 Å². The number of nitrogens with zero attached hydrogens (tertiary/aromatic N) is 4. The summed E-state index contributed by atoms with van der Waals surface area (Å²) in [4.78, 5) is 23.0. The van der Waals surface area contributed by atoms with E-state index in [-0.39, 0.29) is 42.2 Å². The van der Waals surface area contributed by atoms with Crippen LogP contribution in [0.25, 0.3) is 0 Å². The standard InChI is InChI=1S/C22H35FN6O.HI/c1-2-24-22(26-18-21(30)29-12-5-6-13-29)25-10-7-11-27-14-16-28(17-15-27)20-9-4-3-8-19(20)23;/h3-4,8-9H,2,5-7,10-18H2,1H3,(H2,24,25,26);1H. The molecule has 174 valence electrons. The second-order valence-electron chi connectivity index (χ2n) is 7.84. The van der Waals surface area contributed by atoms with E-state index in [0.717, 1.165) is 78.2 Å². The lowest BCUT2D eigenvalue weighted by atomic mass is 10.2. The van der Waals surface area contributed by atoms with Gasteiger partial charge in [-0.25, -0.2) is 9.38 Å². The molecular weight excluding hydrogens is 510 g/mol. The lowest BCUT2D eigenvalue weighted by Gasteiger charge is -2.36. The first-order valence-corrected chi connectivity index (χ1v) is 11.2. The van der Waals surface area contributed by atoms with Crippen molar-refractivity contribution in [1.82, 2.24) is 20.4 Å². The number of likely N-dealkylation sites (tertiary alicyclic amines) is 1. The Morgan fingerprint density at radius 3 is 2.45 bits per heavy atom. The molecule has 1 amide bonds. The quantitative estimate of drug-likeness (QED) is 0.227. The van der Waals surface area contributed by atoms with Crippen molar-refractivity contribution in [3.8, 4) is 0 Å². The number of guanidine groups is 1. The van der Waals surface area contributed by atoms with E-state index in [1.54, 1.807) is 6.07 Å². The van der Waals surface area contributed by atoms with Gasteiger partial charge in [0.25, 0.3) is 0 Å². The van der Waals surface area contributed by atoms with Gasteiger partial charge >= 0.3 is 0 Å². The Kier molecular flexibility index (Phi) is 11.3. The molecule has 0 aromatic heterocycles. The Balaban J connectivity index is 0.00000341. The number of halogens is 2. The molecule has 2 fully saturated rings. The van der Waals surface area contributed by atoms with Crippen molar-refractivity contribution in [2.24, 2.45) is 4.99 Å². The number of hydrogen-bond acceptors (Lipinski definition) is 4. The summed E-state index contributed by atoms with van der Waals surface area (Å²) >= 11 is 0. The predicted molar refractivity (Wildman–Crippen MR) is 135 cm³/mol. The van der Waals surface area contributed by atoms with Crippen LogP contribution in [0.15, 0.2) is 29.3 Å². The van der Waals surface area contributed by atoms with Crippen molar-refractivity contribution in [2.75, 3.05) is 70.3 Å². The van der Waals surface area contributed by atoms with Gasteiger partial charge in [-0.05, 0) is 44.9 Å². The van der Waals surface area contributed by atoms with Crippen LogP contribution in [0.3, 0.4) is 0 Å². The van der Waals surface area contributed by atoms with E-state index in [1.165, 1.54) is 6.07 Å². The highest BCUT2D eigenvalue weighted by Crippen LogP contribution is 2.20. The summed E-state index contributed by atoms with van der Waals surface area (Å²) in [5.74, 6) is 0.667. The molecule has 1 aromatic carbocycles. The highest BCUT2D eigenvalue weighted by molar-refractivity contribution is 14.0. The first-order valence-electron chi connectivity index (χ1n) is 11.2. The predicted octanol–water partition coefficient (Wildman–Crippen LogP) is 2.13. The third-order valence-electron chi connectivity index (χ3n) is 5.68. The SMILES string of the molecule is CCNC(=NCC(=O)N1CCCC1)NCCCN1CCN(c2ccccc2F)CC1.I. The van der Waals surface area contributed by atoms with Gasteiger partial charge in [-0.15, -0.1) is 24.0 Å². The van der Waals surface area contributed by atoms with Gasteiger partial charge in [-0.3, -0.25) is 9.69 Å². The zero-order chi connectivity index (χ0) is 21.2. The number of carbonyl (C=O) groups excluding carboxylic acids is 1. The fourth-order valence-corrected chi connectivity index (χ4v) is 3.98. The second kappa shape index (κ2) is 13.7. The van der Waals surface area contributed by atoms with Crippen molar-refractivity contribution in [1.29, 1.82) is 0 Å². The second-order valence-corrected chi connectivity index (χ2v) is 7.84. The Bertz CT molecular complexity index is 705. The summed E-state index contributed by atoms with van der Waals surface area (Å²) in [7, 11) is 0. The lowest BCUT2D eigenvalue weighted by Crippen LogP contribution is -2.47. The molecule has 31 heavy (non-hydrogen) atoms. The Morgan fingerprint density at radius 1 is 1.06 bits per heavy atom. The minimum absolute atomic E-state index is 0. The first-order chi connectivity index (χ1) is 14.7. The largest absolute Gasteiger partial charge is 0.367 e. The van der Waals surface area contributed by atoms with E-state index in [2.05, 4.69) is 25.4 Å². The maximum Gasteiger partial charge on any atom is 0.244 e. The Labute approximate surface area is 202 Å². The van der Waals surface area contributed by atoms with Crippen molar-refractivity contribution >= 4 is 41.5 Å². The molecule has 2 heterocycles. The van der Waals surface area contributed by atoms with Gasteiger partial charge in [0.2, 0.25) is 5.91 Å². The minimum Gasteiger partial charge on any atom is -0.367 e. The summed E-state index contributed by atoms with van der Waals surface area (Å²) in [6.07, 6.45) is 3.19. The smallest absolute Gasteiger partial charge is 0.244 e. The first kappa shape index (κ1) is 25.6. The molecule has 0 unspecified atom stereocenters. The molecule has 0 radical (unpaired) electrons. The monoisotopic (exact) mass is 546 g/mol. The summed E-state index contributed by atoms with van der Waals surface area (Å²) < 4.78 is 14.0. The molecule has 7 nitrogen and oxygen atoms in total. The minimum atomic E-state index is -0.145. The molecule has 0 atom stereocenters. The van der Waals surface area contributed by atoms with E-state index in [1.807, 2.05) is 24.0 Å². The Hall–Kier alpha value is -1.62. The number of benzene rings is 1. The molecule has 2 aliphatic heterocycles. The summed E-state index contributed by atoms with van der Waals surface area (Å²) in [5.41, 5.74) is 0.703. The maximum absolute atomic E-state index is 14.0. The van der Waals surface area contributed by atoms with Gasteiger partial charge in [-0.1, -0.05) is 12.1 Å². The molecule has 0 bridgehead atoms. The van der Waals surface area contributed by atoms with Gasteiger partial charge < -0.3 is 20.4 Å². The molecule has 0 saturated carbocycles. The highest BCUT2D eigenvalue weighted by Gasteiger charge is 2.19. The van der Waals surface area contributed by atoms with Crippen molar-refractivity contribution in [3.63, 3.8) is 0 Å². The maximum atomic E-state index is 14.0. The number of hydrogen-bond donors (Lipinski definition) is 2. The number of para-hydroxylation sites is 1. The van der Waals surface area contributed by atoms with Crippen LogP contribution in [0.5, 0.6) is 0 Å². The van der Waals surface area contributed by atoms with Crippen LogP contribution in [0.1, 0.15) is 26.2 Å². The third-order valence-corrected chi connectivity index (χ3v) is 5.68. The number of anilines is 1. The average molecular weight is 546 g/mol. The fraction of sp³-hybridized carbons (Fsp3) is 0.636. The van der Waals surface area contributed by atoms with Crippen molar-refractivity contribution in [2.45, 2.75) is 26.2 Å². The average Bonchev–Trinajstić information content (AvgIpc) is 3.31. The summed E-state index contributed by atoms with van der Waals surface area (Å²) in [5, 5.41) is 6.54. The van der Waals surface area contributed by atoms with Crippen LogP contribution < -0.4 is 15.5 Å². The number of rotatable bonds is 8. The molecule has 0 aliphatic carbocycles. The molecule has 9 heteroatoms. The molecule has 2 saturated heterocycles.